The molecule has 0 aromatic heterocycles. The summed E-state index contributed by atoms with van der Waals surface area (Å²) in [5, 5.41) is -0.175. The molecule has 3 heteroatoms. The summed E-state index contributed by atoms with van der Waals surface area (Å²) < 4.78 is 26.1. The second-order valence-corrected chi connectivity index (χ2v) is 5.11. The van der Waals surface area contributed by atoms with Gasteiger partial charge in [0.2, 0.25) is 0 Å². The molecule has 2 atom stereocenters. The zero-order valence-corrected chi connectivity index (χ0v) is 10.3. The third-order valence-corrected chi connectivity index (χ3v) is 3.89. The highest BCUT2D eigenvalue weighted by molar-refractivity contribution is 6.21. The van der Waals surface area contributed by atoms with Crippen molar-refractivity contribution in [3.63, 3.8) is 0 Å². The van der Waals surface area contributed by atoms with Crippen molar-refractivity contribution in [3.8, 4) is 0 Å². The lowest BCUT2D eigenvalue weighted by Crippen LogP contribution is -1.96. The van der Waals surface area contributed by atoms with Crippen LogP contribution >= 0.6 is 11.6 Å². The monoisotopic (exact) mass is 264 g/mol. The maximum atomic E-state index is 13.2. The molecule has 2 aromatic carbocycles. The fraction of sp³-hybridized carbons (Fsp3) is 0.200. The van der Waals surface area contributed by atoms with Gasteiger partial charge in [-0.2, -0.15) is 0 Å². The van der Waals surface area contributed by atoms with E-state index >= 15 is 0 Å². The molecule has 1 aliphatic carbocycles. The van der Waals surface area contributed by atoms with Crippen LogP contribution in [0.2, 0.25) is 0 Å². The number of hydrogen-bond acceptors (Lipinski definition) is 0. The highest BCUT2D eigenvalue weighted by Crippen LogP contribution is 2.47. The van der Waals surface area contributed by atoms with Gasteiger partial charge in [0.15, 0.2) is 0 Å². The quantitative estimate of drug-likeness (QED) is 0.650. The van der Waals surface area contributed by atoms with Crippen molar-refractivity contribution in [1.29, 1.82) is 0 Å². The molecular weight excluding hydrogens is 254 g/mol. The van der Waals surface area contributed by atoms with E-state index in [0.717, 1.165) is 23.1 Å². The number of hydrogen-bond donors (Lipinski definition) is 0. The zero-order chi connectivity index (χ0) is 12.7. The van der Waals surface area contributed by atoms with Gasteiger partial charge in [0.1, 0.15) is 11.6 Å². The second kappa shape index (κ2) is 4.36. The van der Waals surface area contributed by atoms with Gasteiger partial charge in [-0.1, -0.05) is 18.2 Å². The van der Waals surface area contributed by atoms with Gasteiger partial charge in [-0.15, -0.1) is 11.6 Å². The third kappa shape index (κ3) is 1.91. The lowest BCUT2D eigenvalue weighted by Gasteiger charge is -2.11. The summed E-state index contributed by atoms with van der Waals surface area (Å²) in [5.74, 6) is -0.388. The number of benzene rings is 2. The lowest BCUT2D eigenvalue weighted by atomic mass is 9.93. The van der Waals surface area contributed by atoms with Crippen LogP contribution in [-0.4, -0.2) is 0 Å². The predicted molar refractivity (Wildman–Crippen MR) is 67.9 cm³/mol. The van der Waals surface area contributed by atoms with E-state index in [-0.39, 0.29) is 22.9 Å². The Morgan fingerprint density at radius 2 is 1.56 bits per heavy atom. The van der Waals surface area contributed by atoms with Crippen LogP contribution in [-0.2, 0) is 0 Å². The molecule has 0 saturated carbocycles. The first kappa shape index (κ1) is 11.7. The van der Waals surface area contributed by atoms with Gasteiger partial charge in [0.05, 0.1) is 5.38 Å². The largest absolute Gasteiger partial charge is 0.207 e. The fourth-order valence-corrected chi connectivity index (χ4v) is 2.97. The minimum atomic E-state index is -0.265. The van der Waals surface area contributed by atoms with Crippen LogP contribution in [0.4, 0.5) is 8.78 Å². The average Bonchev–Trinajstić information content (AvgIpc) is 2.68. The van der Waals surface area contributed by atoms with E-state index in [9.17, 15) is 8.78 Å². The Kier molecular flexibility index (Phi) is 2.83. The molecule has 0 heterocycles. The van der Waals surface area contributed by atoms with Crippen molar-refractivity contribution in [1.82, 2.24) is 0 Å². The van der Waals surface area contributed by atoms with E-state index in [0.29, 0.717) is 0 Å². The minimum Gasteiger partial charge on any atom is -0.207 e. The SMILES string of the molecule is Fc1ccc([C@H]2C[C@H](Cl)c3cc(F)ccc32)cc1. The molecule has 0 amide bonds. The summed E-state index contributed by atoms with van der Waals surface area (Å²) in [6.07, 6.45) is 0.728. The van der Waals surface area contributed by atoms with Gasteiger partial charge < -0.3 is 0 Å². The molecule has 0 spiro atoms. The molecule has 0 aliphatic heterocycles. The van der Waals surface area contributed by atoms with Gasteiger partial charge in [-0.25, -0.2) is 8.78 Å². The van der Waals surface area contributed by atoms with Crippen molar-refractivity contribution < 1.29 is 8.78 Å². The van der Waals surface area contributed by atoms with Crippen LogP contribution in [0.25, 0.3) is 0 Å². The van der Waals surface area contributed by atoms with Crippen LogP contribution in [0.1, 0.15) is 34.4 Å². The average molecular weight is 265 g/mol. The normalized spacial score (nSPS) is 21.9. The van der Waals surface area contributed by atoms with E-state index in [1.54, 1.807) is 18.2 Å². The van der Waals surface area contributed by atoms with Crippen LogP contribution in [0.3, 0.4) is 0 Å². The summed E-state index contributed by atoms with van der Waals surface area (Å²) in [6, 6.07) is 11.1. The first-order valence-electron chi connectivity index (χ1n) is 5.84. The maximum Gasteiger partial charge on any atom is 0.123 e. The van der Waals surface area contributed by atoms with Gasteiger partial charge in [-0.05, 0) is 47.4 Å². The second-order valence-electron chi connectivity index (χ2n) is 4.58. The van der Waals surface area contributed by atoms with Crippen molar-refractivity contribution in [3.05, 3.63) is 70.8 Å². The molecule has 0 fully saturated rings. The van der Waals surface area contributed by atoms with Crippen molar-refractivity contribution in [2.24, 2.45) is 0 Å². The predicted octanol–water partition coefficient (Wildman–Crippen LogP) is 4.78. The van der Waals surface area contributed by atoms with Crippen LogP contribution in [0, 0.1) is 11.6 Å². The van der Waals surface area contributed by atoms with Crippen molar-refractivity contribution in [2.45, 2.75) is 17.7 Å². The molecule has 0 unspecified atom stereocenters. The standard InChI is InChI=1S/C15H11ClF2/c16-15-8-13(9-1-3-10(17)4-2-9)12-6-5-11(18)7-14(12)15/h1-7,13,15H,8H2/t13-,15+/m1/s1. The Morgan fingerprint density at radius 1 is 0.889 bits per heavy atom. The Hall–Kier alpha value is -1.41. The van der Waals surface area contributed by atoms with E-state index in [4.69, 9.17) is 11.6 Å². The Bertz CT molecular complexity index is 578. The van der Waals surface area contributed by atoms with Crippen molar-refractivity contribution in [2.75, 3.05) is 0 Å². The van der Waals surface area contributed by atoms with Gasteiger partial charge in [-0.3, -0.25) is 0 Å². The minimum absolute atomic E-state index is 0.128. The van der Waals surface area contributed by atoms with Crippen LogP contribution in [0.5, 0.6) is 0 Å². The van der Waals surface area contributed by atoms with Gasteiger partial charge in [0.25, 0.3) is 0 Å². The number of fused-ring (bicyclic) bond motifs is 1. The molecule has 1 aliphatic rings. The highest BCUT2D eigenvalue weighted by Gasteiger charge is 2.30. The molecule has 92 valence electrons. The Labute approximate surface area is 109 Å². The molecule has 0 bridgehead atoms. The van der Waals surface area contributed by atoms with E-state index in [1.807, 2.05) is 0 Å². The molecule has 0 radical (unpaired) electrons. The molecule has 0 nitrogen and oxygen atoms in total. The Morgan fingerprint density at radius 3 is 2.28 bits per heavy atom. The molecule has 0 N–H and O–H groups in total. The van der Waals surface area contributed by atoms with E-state index in [2.05, 4.69) is 0 Å². The van der Waals surface area contributed by atoms with Crippen LogP contribution < -0.4 is 0 Å². The smallest absolute Gasteiger partial charge is 0.123 e. The maximum absolute atomic E-state index is 13.2. The molecule has 0 saturated heterocycles. The lowest BCUT2D eigenvalue weighted by molar-refractivity contribution is 0.625. The zero-order valence-electron chi connectivity index (χ0n) is 9.54. The molecule has 3 rings (SSSR count). The number of rotatable bonds is 1. The summed E-state index contributed by atoms with van der Waals surface area (Å²) in [5.41, 5.74) is 2.92. The topological polar surface area (TPSA) is 0 Å². The number of halogens is 3. The first-order chi connectivity index (χ1) is 8.65. The Balaban J connectivity index is 2.05. The van der Waals surface area contributed by atoms with E-state index < -0.39 is 0 Å². The highest BCUT2D eigenvalue weighted by atomic mass is 35.5. The fourth-order valence-electron chi connectivity index (χ4n) is 2.61. The first-order valence-corrected chi connectivity index (χ1v) is 6.27. The number of alkyl halides is 1. The van der Waals surface area contributed by atoms with Crippen molar-refractivity contribution >= 4 is 11.6 Å². The molecule has 18 heavy (non-hydrogen) atoms. The summed E-state index contributed by atoms with van der Waals surface area (Å²) in [7, 11) is 0. The molecule has 2 aromatic rings. The summed E-state index contributed by atoms with van der Waals surface area (Å²) in [6.45, 7) is 0. The summed E-state index contributed by atoms with van der Waals surface area (Å²) in [4.78, 5) is 0. The van der Waals surface area contributed by atoms with Crippen LogP contribution in [0.15, 0.2) is 42.5 Å². The molecular formula is C15H11ClF2. The van der Waals surface area contributed by atoms with Gasteiger partial charge >= 0.3 is 0 Å². The summed E-state index contributed by atoms with van der Waals surface area (Å²) >= 11 is 6.25. The third-order valence-electron chi connectivity index (χ3n) is 3.48. The van der Waals surface area contributed by atoms with E-state index in [1.165, 1.54) is 24.3 Å². The van der Waals surface area contributed by atoms with Gasteiger partial charge in [0, 0.05) is 5.92 Å².